The number of hydrogen-bond acceptors (Lipinski definition) is 2. The average Bonchev–Trinajstić information content (AvgIpc) is 2.32. The fourth-order valence-corrected chi connectivity index (χ4v) is 1.89. The van der Waals surface area contributed by atoms with E-state index in [1.807, 2.05) is 13.8 Å². The van der Waals surface area contributed by atoms with Crippen LogP contribution in [0.25, 0.3) is 0 Å². The van der Waals surface area contributed by atoms with E-state index in [-0.39, 0.29) is 5.41 Å². The highest BCUT2D eigenvalue weighted by atomic mass is 15.1. The first kappa shape index (κ1) is 10.5. The van der Waals surface area contributed by atoms with Gasteiger partial charge >= 0.3 is 0 Å². The van der Waals surface area contributed by atoms with Gasteiger partial charge in [-0.25, -0.2) is 0 Å². The van der Waals surface area contributed by atoms with Gasteiger partial charge in [0.15, 0.2) is 0 Å². The van der Waals surface area contributed by atoms with Crippen molar-refractivity contribution < 1.29 is 0 Å². The molecule has 0 amide bonds. The van der Waals surface area contributed by atoms with Crippen molar-refractivity contribution in [2.45, 2.75) is 39.5 Å². The summed E-state index contributed by atoms with van der Waals surface area (Å²) < 4.78 is 0. The van der Waals surface area contributed by atoms with Crippen LogP contribution >= 0.6 is 0 Å². The number of hydrogen-bond donors (Lipinski definition) is 0. The van der Waals surface area contributed by atoms with Gasteiger partial charge in [-0.1, -0.05) is 12.8 Å². The lowest BCUT2D eigenvalue weighted by Crippen LogP contribution is -2.34. The van der Waals surface area contributed by atoms with Gasteiger partial charge in [0.1, 0.15) is 0 Å². The molecule has 0 aliphatic carbocycles. The second-order valence-corrected chi connectivity index (χ2v) is 4.69. The number of likely N-dealkylation sites (tertiary alicyclic amines) is 1. The largest absolute Gasteiger partial charge is 0.302 e. The van der Waals surface area contributed by atoms with Crippen molar-refractivity contribution in [2.75, 3.05) is 19.6 Å². The molecule has 0 N–H and O–H groups in total. The third-order valence-electron chi connectivity index (χ3n) is 2.62. The molecule has 1 fully saturated rings. The number of rotatable bonds is 2. The van der Waals surface area contributed by atoms with Gasteiger partial charge in [-0.05, 0) is 39.8 Å². The molecule has 0 aromatic heterocycles. The summed E-state index contributed by atoms with van der Waals surface area (Å²) in [4.78, 5) is 2.44. The van der Waals surface area contributed by atoms with Crippen LogP contribution in [0.15, 0.2) is 0 Å². The third kappa shape index (κ3) is 3.78. The number of nitriles is 1. The van der Waals surface area contributed by atoms with Gasteiger partial charge in [0.05, 0.1) is 11.5 Å². The summed E-state index contributed by atoms with van der Waals surface area (Å²) >= 11 is 0. The molecule has 1 aliphatic heterocycles. The molecule has 0 radical (unpaired) electrons. The molecule has 1 rings (SSSR count). The molecule has 1 aliphatic rings. The second-order valence-electron chi connectivity index (χ2n) is 4.69. The predicted octanol–water partition coefficient (Wildman–Crippen LogP) is 2.41. The average molecular weight is 180 g/mol. The van der Waals surface area contributed by atoms with Gasteiger partial charge in [0, 0.05) is 6.54 Å². The van der Waals surface area contributed by atoms with E-state index in [9.17, 15) is 0 Å². The van der Waals surface area contributed by atoms with E-state index in [0.717, 1.165) is 6.54 Å². The van der Waals surface area contributed by atoms with E-state index >= 15 is 0 Å². The molecule has 74 valence electrons. The van der Waals surface area contributed by atoms with Gasteiger partial charge < -0.3 is 4.90 Å². The first-order chi connectivity index (χ1) is 6.14. The standard InChI is InChI=1S/C11H20N2/c1-11(2,9-12)10-13-7-5-3-4-6-8-13/h3-8,10H2,1-2H3. The van der Waals surface area contributed by atoms with E-state index in [1.165, 1.54) is 38.8 Å². The Bertz CT molecular complexity index is 183. The van der Waals surface area contributed by atoms with Gasteiger partial charge in [-0.15, -0.1) is 0 Å². The van der Waals surface area contributed by atoms with E-state index < -0.39 is 0 Å². The molecule has 2 heteroatoms. The summed E-state index contributed by atoms with van der Waals surface area (Å²) in [6.07, 6.45) is 5.34. The Morgan fingerprint density at radius 2 is 1.69 bits per heavy atom. The van der Waals surface area contributed by atoms with Gasteiger partial charge in [-0.3, -0.25) is 0 Å². The van der Waals surface area contributed by atoms with Crippen LogP contribution in [0, 0.1) is 16.7 Å². The van der Waals surface area contributed by atoms with Crippen molar-refractivity contribution in [3.05, 3.63) is 0 Å². The lowest BCUT2D eigenvalue weighted by atomic mass is 9.95. The third-order valence-corrected chi connectivity index (χ3v) is 2.62. The summed E-state index contributed by atoms with van der Waals surface area (Å²) in [6, 6.07) is 2.37. The van der Waals surface area contributed by atoms with Gasteiger partial charge in [-0.2, -0.15) is 5.26 Å². The summed E-state index contributed by atoms with van der Waals surface area (Å²) in [5.74, 6) is 0. The highest BCUT2D eigenvalue weighted by Crippen LogP contribution is 2.18. The Kier molecular flexibility index (Phi) is 3.74. The smallest absolute Gasteiger partial charge is 0.0697 e. The van der Waals surface area contributed by atoms with Gasteiger partial charge in [0.25, 0.3) is 0 Å². The Hall–Kier alpha value is -0.550. The van der Waals surface area contributed by atoms with Crippen molar-refractivity contribution >= 4 is 0 Å². The highest BCUT2D eigenvalue weighted by Gasteiger charge is 2.21. The SMILES string of the molecule is CC(C)(C#N)CN1CCCCCC1. The molecule has 1 saturated heterocycles. The Labute approximate surface area is 81.5 Å². The molecule has 0 bridgehead atoms. The summed E-state index contributed by atoms with van der Waals surface area (Å²) in [5.41, 5.74) is -0.176. The van der Waals surface area contributed by atoms with Crippen molar-refractivity contribution in [1.82, 2.24) is 4.90 Å². The first-order valence-corrected chi connectivity index (χ1v) is 5.28. The van der Waals surface area contributed by atoms with Gasteiger partial charge in [0.2, 0.25) is 0 Å². The maximum Gasteiger partial charge on any atom is 0.0697 e. The maximum atomic E-state index is 8.92. The minimum atomic E-state index is -0.176. The minimum Gasteiger partial charge on any atom is -0.302 e. The van der Waals surface area contributed by atoms with Crippen molar-refractivity contribution in [3.63, 3.8) is 0 Å². The molecule has 2 nitrogen and oxygen atoms in total. The summed E-state index contributed by atoms with van der Waals surface area (Å²) in [6.45, 7) is 7.36. The minimum absolute atomic E-state index is 0.176. The van der Waals surface area contributed by atoms with E-state index in [1.54, 1.807) is 0 Å². The van der Waals surface area contributed by atoms with Crippen LogP contribution in [0.5, 0.6) is 0 Å². The monoisotopic (exact) mass is 180 g/mol. The van der Waals surface area contributed by atoms with Crippen LogP contribution in [0.4, 0.5) is 0 Å². The van der Waals surface area contributed by atoms with Crippen LogP contribution in [-0.2, 0) is 0 Å². The second kappa shape index (κ2) is 4.62. The van der Waals surface area contributed by atoms with E-state index in [0.29, 0.717) is 0 Å². The van der Waals surface area contributed by atoms with Crippen LogP contribution < -0.4 is 0 Å². The predicted molar refractivity (Wildman–Crippen MR) is 54.3 cm³/mol. The molecular formula is C11H20N2. The zero-order valence-electron chi connectivity index (χ0n) is 8.84. The first-order valence-electron chi connectivity index (χ1n) is 5.28. The number of nitrogens with zero attached hydrogens (tertiary/aromatic N) is 2. The van der Waals surface area contributed by atoms with E-state index in [2.05, 4.69) is 11.0 Å². The molecule has 1 heterocycles. The Balaban J connectivity index is 2.39. The molecule has 0 aromatic rings. The zero-order chi connectivity index (χ0) is 9.73. The Morgan fingerprint density at radius 1 is 1.15 bits per heavy atom. The molecule has 0 saturated carbocycles. The van der Waals surface area contributed by atoms with Crippen LogP contribution in [0.1, 0.15) is 39.5 Å². The quantitative estimate of drug-likeness (QED) is 0.652. The lowest BCUT2D eigenvalue weighted by Gasteiger charge is -2.26. The fraction of sp³-hybridized carbons (Fsp3) is 0.909. The zero-order valence-corrected chi connectivity index (χ0v) is 8.84. The van der Waals surface area contributed by atoms with Crippen LogP contribution in [0.2, 0.25) is 0 Å². The highest BCUT2D eigenvalue weighted by molar-refractivity contribution is 4.94. The molecule has 0 atom stereocenters. The van der Waals surface area contributed by atoms with Crippen LogP contribution in [-0.4, -0.2) is 24.5 Å². The lowest BCUT2D eigenvalue weighted by molar-refractivity contribution is 0.221. The van der Waals surface area contributed by atoms with E-state index in [4.69, 9.17) is 5.26 Å². The summed E-state index contributed by atoms with van der Waals surface area (Å²) in [7, 11) is 0. The fourth-order valence-electron chi connectivity index (χ4n) is 1.89. The molecular weight excluding hydrogens is 160 g/mol. The molecule has 0 spiro atoms. The molecule has 13 heavy (non-hydrogen) atoms. The maximum absolute atomic E-state index is 8.92. The van der Waals surface area contributed by atoms with Crippen molar-refractivity contribution in [1.29, 1.82) is 5.26 Å². The topological polar surface area (TPSA) is 27.0 Å². The van der Waals surface area contributed by atoms with Crippen molar-refractivity contribution in [2.24, 2.45) is 5.41 Å². The normalized spacial score (nSPS) is 20.7. The van der Waals surface area contributed by atoms with Crippen LogP contribution in [0.3, 0.4) is 0 Å². The molecule has 0 aromatic carbocycles. The molecule has 0 unspecified atom stereocenters. The van der Waals surface area contributed by atoms with Crippen molar-refractivity contribution in [3.8, 4) is 6.07 Å². The summed E-state index contributed by atoms with van der Waals surface area (Å²) in [5, 5.41) is 8.92. The Morgan fingerprint density at radius 3 is 2.15 bits per heavy atom.